The maximum absolute atomic E-state index is 13.4. The number of benzene rings is 2. The number of nitrogens with two attached hydrogens (primary N) is 1. The number of aryl methyl sites for hydroxylation is 1. The van der Waals surface area contributed by atoms with E-state index in [-0.39, 0.29) is 11.9 Å². The summed E-state index contributed by atoms with van der Waals surface area (Å²) in [6, 6.07) is 15.7. The number of nitrogens with zero attached hydrogens (tertiary/aromatic N) is 3. The van der Waals surface area contributed by atoms with E-state index in [0.717, 1.165) is 41.5 Å². The van der Waals surface area contributed by atoms with E-state index in [1.54, 1.807) is 0 Å². The number of hydrogen-bond donors (Lipinski definition) is 2. The summed E-state index contributed by atoms with van der Waals surface area (Å²) in [5, 5.41) is 3.13. The summed E-state index contributed by atoms with van der Waals surface area (Å²) in [5.41, 5.74) is 11.6. The Kier molecular flexibility index (Phi) is 6.12. The monoisotopic (exact) mass is 429 g/mol. The number of carbonyl (C=O) groups excluding carboxylic acids is 1. The highest BCUT2D eigenvalue weighted by Crippen LogP contribution is 2.31. The first-order valence-electron chi connectivity index (χ1n) is 11.3. The molecule has 6 heteroatoms. The Balaban J connectivity index is 1.80. The number of carbonyl (C=O) groups is 1. The Morgan fingerprint density at radius 2 is 1.75 bits per heavy atom. The second kappa shape index (κ2) is 8.99. The predicted octanol–water partition coefficient (Wildman–Crippen LogP) is 5.41. The Morgan fingerprint density at radius 1 is 1.03 bits per heavy atom. The van der Waals surface area contributed by atoms with Gasteiger partial charge in [0.15, 0.2) is 5.65 Å². The molecule has 0 radical (unpaired) electrons. The SMILES string of the molecule is Cc1cccc(-n2c(N)c(C(=O)N[C@H](C)CCCC(C)C)c3nc4ccccc4nc32)c1. The van der Waals surface area contributed by atoms with Gasteiger partial charge in [-0.2, -0.15) is 0 Å². The summed E-state index contributed by atoms with van der Waals surface area (Å²) < 4.78 is 1.83. The molecule has 0 unspecified atom stereocenters. The lowest BCUT2D eigenvalue weighted by atomic mass is 10.0. The number of para-hydroxylation sites is 2. The molecule has 32 heavy (non-hydrogen) atoms. The zero-order chi connectivity index (χ0) is 22.8. The summed E-state index contributed by atoms with van der Waals surface area (Å²) in [4.78, 5) is 23.0. The van der Waals surface area contributed by atoms with E-state index in [9.17, 15) is 4.79 Å². The number of aromatic nitrogens is 3. The van der Waals surface area contributed by atoms with Crippen molar-refractivity contribution in [3.8, 4) is 5.69 Å². The summed E-state index contributed by atoms with van der Waals surface area (Å²) in [7, 11) is 0. The van der Waals surface area contributed by atoms with Crippen molar-refractivity contribution in [3.05, 3.63) is 59.7 Å². The maximum Gasteiger partial charge on any atom is 0.257 e. The second-order valence-corrected chi connectivity index (χ2v) is 9.02. The summed E-state index contributed by atoms with van der Waals surface area (Å²) in [5.74, 6) is 0.803. The van der Waals surface area contributed by atoms with Crippen molar-refractivity contribution >= 4 is 33.9 Å². The molecule has 166 valence electrons. The van der Waals surface area contributed by atoms with Crippen LogP contribution in [0.4, 0.5) is 5.82 Å². The van der Waals surface area contributed by atoms with E-state index in [2.05, 4.69) is 19.2 Å². The molecule has 6 nitrogen and oxygen atoms in total. The van der Waals surface area contributed by atoms with E-state index in [0.29, 0.717) is 28.5 Å². The number of nitrogen functional groups attached to an aromatic ring is 1. The molecule has 0 fully saturated rings. The lowest BCUT2D eigenvalue weighted by Gasteiger charge is -2.14. The van der Waals surface area contributed by atoms with Crippen molar-refractivity contribution in [2.24, 2.45) is 5.92 Å². The first-order valence-corrected chi connectivity index (χ1v) is 11.3. The van der Waals surface area contributed by atoms with Gasteiger partial charge in [0.25, 0.3) is 5.91 Å². The van der Waals surface area contributed by atoms with Crippen LogP contribution in [0.15, 0.2) is 48.5 Å². The van der Waals surface area contributed by atoms with Crippen LogP contribution in [0.3, 0.4) is 0 Å². The van der Waals surface area contributed by atoms with Crippen LogP contribution in [0.2, 0.25) is 0 Å². The van der Waals surface area contributed by atoms with Crippen LogP contribution >= 0.6 is 0 Å². The van der Waals surface area contributed by atoms with E-state index in [4.69, 9.17) is 15.7 Å². The molecule has 0 spiro atoms. The lowest BCUT2D eigenvalue weighted by molar-refractivity contribution is 0.0940. The minimum atomic E-state index is -0.208. The summed E-state index contributed by atoms with van der Waals surface area (Å²) in [6.45, 7) is 8.49. The number of nitrogens with one attached hydrogen (secondary N) is 1. The van der Waals surface area contributed by atoms with Crippen molar-refractivity contribution < 1.29 is 4.79 Å². The molecule has 3 N–H and O–H groups in total. The Bertz CT molecular complexity index is 1270. The van der Waals surface area contributed by atoms with Crippen LogP contribution in [0, 0.1) is 12.8 Å². The van der Waals surface area contributed by atoms with Crippen LogP contribution in [0.5, 0.6) is 0 Å². The summed E-state index contributed by atoms with van der Waals surface area (Å²) in [6.07, 6.45) is 3.14. The zero-order valence-corrected chi connectivity index (χ0v) is 19.2. The Labute approximate surface area is 188 Å². The van der Waals surface area contributed by atoms with Gasteiger partial charge in [-0.25, -0.2) is 9.97 Å². The van der Waals surface area contributed by atoms with Crippen LogP contribution < -0.4 is 11.1 Å². The van der Waals surface area contributed by atoms with E-state index < -0.39 is 0 Å². The van der Waals surface area contributed by atoms with Crippen molar-refractivity contribution in [1.82, 2.24) is 19.9 Å². The Morgan fingerprint density at radius 3 is 2.44 bits per heavy atom. The highest BCUT2D eigenvalue weighted by atomic mass is 16.1. The molecule has 1 atom stereocenters. The standard InChI is InChI=1S/C26H31N5O/c1-16(2)9-7-11-18(4)28-26(32)22-23-25(30-21-14-6-5-13-20(21)29-23)31(24(22)27)19-12-8-10-17(3)15-19/h5-6,8,10,12-16,18H,7,9,11,27H2,1-4H3,(H,28,32)/t18-/m1/s1. The van der Waals surface area contributed by atoms with Crippen molar-refractivity contribution in [2.45, 2.75) is 53.0 Å². The number of anilines is 1. The third-order valence-corrected chi connectivity index (χ3v) is 5.78. The lowest BCUT2D eigenvalue weighted by Crippen LogP contribution is -2.33. The van der Waals surface area contributed by atoms with Gasteiger partial charge in [-0.05, 0) is 56.0 Å². The number of fused-ring (bicyclic) bond motifs is 2. The van der Waals surface area contributed by atoms with Crippen LogP contribution in [-0.4, -0.2) is 26.5 Å². The first-order chi connectivity index (χ1) is 15.3. The van der Waals surface area contributed by atoms with Gasteiger partial charge in [-0.15, -0.1) is 0 Å². The fraction of sp³-hybridized carbons (Fsp3) is 0.346. The second-order valence-electron chi connectivity index (χ2n) is 9.02. The molecule has 0 saturated heterocycles. The van der Waals surface area contributed by atoms with Gasteiger partial charge < -0.3 is 11.1 Å². The molecular formula is C26H31N5O. The highest BCUT2D eigenvalue weighted by molar-refractivity contribution is 6.11. The molecular weight excluding hydrogens is 398 g/mol. The third-order valence-electron chi connectivity index (χ3n) is 5.78. The smallest absolute Gasteiger partial charge is 0.257 e. The topological polar surface area (TPSA) is 85.8 Å². The molecule has 0 aliphatic rings. The van der Waals surface area contributed by atoms with Crippen LogP contribution in [-0.2, 0) is 0 Å². The number of hydrogen-bond acceptors (Lipinski definition) is 4. The third kappa shape index (κ3) is 4.31. The van der Waals surface area contributed by atoms with E-state index in [1.165, 1.54) is 0 Å². The summed E-state index contributed by atoms with van der Waals surface area (Å²) >= 11 is 0. The van der Waals surface area contributed by atoms with E-state index in [1.807, 2.05) is 66.9 Å². The molecule has 2 aromatic heterocycles. The minimum Gasteiger partial charge on any atom is -0.384 e. The van der Waals surface area contributed by atoms with Gasteiger partial charge >= 0.3 is 0 Å². The normalized spacial score (nSPS) is 12.5. The molecule has 4 rings (SSSR count). The largest absolute Gasteiger partial charge is 0.384 e. The van der Waals surface area contributed by atoms with Gasteiger partial charge in [0.1, 0.15) is 16.9 Å². The van der Waals surface area contributed by atoms with Crippen molar-refractivity contribution in [1.29, 1.82) is 0 Å². The quantitative estimate of drug-likeness (QED) is 0.411. The van der Waals surface area contributed by atoms with Gasteiger partial charge in [-0.3, -0.25) is 9.36 Å². The molecule has 0 aliphatic heterocycles. The first kappa shape index (κ1) is 21.8. The van der Waals surface area contributed by atoms with Crippen LogP contribution in [0.25, 0.3) is 27.9 Å². The molecule has 2 aromatic carbocycles. The molecule has 4 aromatic rings. The molecule has 2 heterocycles. The fourth-order valence-electron chi connectivity index (χ4n) is 4.11. The maximum atomic E-state index is 13.4. The Hall–Kier alpha value is -3.41. The average Bonchev–Trinajstić information content (AvgIpc) is 3.02. The van der Waals surface area contributed by atoms with E-state index >= 15 is 0 Å². The van der Waals surface area contributed by atoms with Gasteiger partial charge in [0, 0.05) is 11.7 Å². The van der Waals surface area contributed by atoms with Gasteiger partial charge in [0.05, 0.1) is 11.0 Å². The molecule has 0 aliphatic carbocycles. The molecule has 0 bridgehead atoms. The minimum absolute atomic E-state index is 0.0476. The number of amides is 1. The number of rotatable bonds is 7. The fourth-order valence-corrected chi connectivity index (χ4v) is 4.11. The molecule has 0 saturated carbocycles. The zero-order valence-electron chi connectivity index (χ0n) is 19.2. The predicted molar refractivity (Wildman–Crippen MR) is 131 cm³/mol. The van der Waals surface area contributed by atoms with Crippen molar-refractivity contribution in [2.75, 3.05) is 5.73 Å². The molecule has 1 amide bonds. The van der Waals surface area contributed by atoms with Gasteiger partial charge in [0.2, 0.25) is 0 Å². The van der Waals surface area contributed by atoms with Crippen molar-refractivity contribution in [3.63, 3.8) is 0 Å². The van der Waals surface area contributed by atoms with Gasteiger partial charge in [-0.1, -0.05) is 51.0 Å². The highest BCUT2D eigenvalue weighted by Gasteiger charge is 2.25. The van der Waals surface area contributed by atoms with Crippen LogP contribution in [0.1, 0.15) is 56.0 Å². The average molecular weight is 430 g/mol.